The molecule has 0 radical (unpaired) electrons. The van der Waals surface area contributed by atoms with Crippen molar-refractivity contribution in [1.82, 2.24) is 0 Å². The SMILES string of the molecule is CCCCCCCC(Cl)c1csc2ccccc12. The average Bonchev–Trinajstić information content (AvgIpc) is 2.82. The Hall–Kier alpha value is -0.530. The summed E-state index contributed by atoms with van der Waals surface area (Å²) >= 11 is 8.35. The Labute approximate surface area is 119 Å². The van der Waals surface area contributed by atoms with E-state index in [2.05, 4.69) is 36.6 Å². The Kier molecular flexibility index (Phi) is 5.52. The van der Waals surface area contributed by atoms with Crippen LogP contribution in [-0.4, -0.2) is 0 Å². The third-order valence-electron chi connectivity index (χ3n) is 3.41. The minimum absolute atomic E-state index is 0.183. The summed E-state index contributed by atoms with van der Waals surface area (Å²) in [4.78, 5) is 0. The molecule has 98 valence electrons. The van der Waals surface area contributed by atoms with Crippen molar-refractivity contribution in [3.8, 4) is 0 Å². The minimum Gasteiger partial charge on any atom is -0.143 e. The van der Waals surface area contributed by atoms with E-state index in [1.165, 1.54) is 47.8 Å². The molecule has 18 heavy (non-hydrogen) atoms. The monoisotopic (exact) mass is 280 g/mol. The van der Waals surface area contributed by atoms with Crippen LogP contribution >= 0.6 is 22.9 Å². The van der Waals surface area contributed by atoms with Gasteiger partial charge in [0.2, 0.25) is 0 Å². The summed E-state index contributed by atoms with van der Waals surface area (Å²) < 4.78 is 1.35. The second-order valence-electron chi connectivity index (χ2n) is 4.86. The van der Waals surface area contributed by atoms with Crippen molar-refractivity contribution >= 4 is 33.0 Å². The maximum atomic E-state index is 6.55. The number of unbranched alkanes of at least 4 members (excludes halogenated alkanes) is 4. The smallest absolute Gasteiger partial charge is 0.0599 e. The molecule has 0 saturated carbocycles. The molecular formula is C16H21ClS. The van der Waals surface area contributed by atoms with Gasteiger partial charge in [0.05, 0.1) is 5.38 Å². The number of thiophene rings is 1. The third-order valence-corrected chi connectivity index (χ3v) is 4.84. The standard InChI is InChI=1S/C16H21ClS/c1-2-3-4-5-6-10-15(17)14-12-18-16-11-8-7-9-13(14)16/h7-9,11-12,15H,2-6,10H2,1H3. The predicted octanol–water partition coefficient (Wildman–Crippen LogP) is 6.54. The van der Waals surface area contributed by atoms with Crippen LogP contribution in [0.2, 0.25) is 0 Å². The van der Waals surface area contributed by atoms with E-state index in [-0.39, 0.29) is 5.38 Å². The molecular weight excluding hydrogens is 260 g/mol. The van der Waals surface area contributed by atoms with Gasteiger partial charge >= 0.3 is 0 Å². The Bertz CT molecular complexity index is 475. The lowest BCUT2D eigenvalue weighted by molar-refractivity contribution is 0.602. The first-order chi connectivity index (χ1) is 8.83. The second-order valence-corrected chi connectivity index (χ2v) is 6.30. The van der Waals surface area contributed by atoms with Crippen LogP contribution in [0.3, 0.4) is 0 Å². The quantitative estimate of drug-likeness (QED) is 0.399. The number of fused-ring (bicyclic) bond motifs is 1. The minimum atomic E-state index is 0.183. The maximum Gasteiger partial charge on any atom is 0.0599 e. The molecule has 0 saturated heterocycles. The number of alkyl halides is 1. The van der Waals surface area contributed by atoms with Crippen molar-refractivity contribution in [3.63, 3.8) is 0 Å². The summed E-state index contributed by atoms with van der Waals surface area (Å²) in [6.07, 6.45) is 7.68. The molecule has 1 heterocycles. The Balaban J connectivity index is 1.90. The molecule has 0 spiro atoms. The number of benzene rings is 1. The zero-order chi connectivity index (χ0) is 12.8. The Morgan fingerprint density at radius 3 is 2.72 bits per heavy atom. The first kappa shape index (κ1) is 13.9. The highest BCUT2D eigenvalue weighted by molar-refractivity contribution is 7.17. The van der Waals surface area contributed by atoms with Crippen LogP contribution in [0, 0.1) is 0 Å². The Morgan fingerprint density at radius 1 is 1.11 bits per heavy atom. The highest BCUT2D eigenvalue weighted by atomic mass is 35.5. The van der Waals surface area contributed by atoms with Crippen molar-refractivity contribution in [1.29, 1.82) is 0 Å². The van der Waals surface area contributed by atoms with E-state index < -0.39 is 0 Å². The Morgan fingerprint density at radius 2 is 1.89 bits per heavy atom. The number of halogens is 1. The van der Waals surface area contributed by atoms with Gasteiger partial charge in [0.25, 0.3) is 0 Å². The summed E-state index contributed by atoms with van der Waals surface area (Å²) in [5.41, 5.74) is 1.33. The van der Waals surface area contributed by atoms with Gasteiger partial charge < -0.3 is 0 Å². The summed E-state index contributed by atoms with van der Waals surface area (Å²) in [5, 5.41) is 3.76. The molecule has 1 aromatic heterocycles. The molecule has 0 N–H and O–H groups in total. The van der Waals surface area contributed by atoms with Gasteiger partial charge in [0, 0.05) is 4.70 Å². The molecule has 1 aromatic carbocycles. The van der Waals surface area contributed by atoms with Crippen LogP contribution in [0.5, 0.6) is 0 Å². The maximum absolute atomic E-state index is 6.55. The van der Waals surface area contributed by atoms with Gasteiger partial charge in [0.1, 0.15) is 0 Å². The van der Waals surface area contributed by atoms with Gasteiger partial charge in [-0.2, -0.15) is 0 Å². The summed E-state index contributed by atoms with van der Waals surface area (Å²) in [7, 11) is 0. The van der Waals surface area contributed by atoms with Crippen molar-refractivity contribution in [3.05, 3.63) is 35.2 Å². The second kappa shape index (κ2) is 7.16. The van der Waals surface area contributed by atoms with E-state index in [0.717, 1.165) is 6.42 Å². The fourth-order valence-corrected chi connectivity index (χ4v) is 3.75. The normalized spacial score (nSPS) is 13.0. The van der Waals surface area contributed by atoms with Crippen molar-refractivity contribution < 1.29 is 0 Å². The fraction of sp³-hybridized carbons (Fsp3) is 0.500. The van der Waals surface area contributed by atoms with Crippen molar-refractivity contribution in [2.24, 2.45) is 0 Å². The van der Waals surface area contributed by atoms with Gasteiger partial charge in [-0.25, -0.2) is 0 Å². The lowest BCUT2D eigenvalue weighted by atomic mass is 10.0. The van der Waals surface area contributed by atoms with E-state index in [1.54, 1.807) is 11.3 Å². The molecule has 0 bridgehead atoms. The fourth-order valence-electron chi connectivity index (χ4n) is 2.32. The molecule has 2 aromatic rings. The molecule has 0 aliphatic rings. The summed E-state index contributed by atoms with van der Waals surface area (Å²) in [5.74, 6) is 0. The lowest BCUT2D eigenvalue weighted by Crippen LogP contribution is -1.89. The molecule has 2 rings (SSSR count). The summed E-state index contributed by atoms with van der Waals surface area (Å²) in [6, 6.07) is 8.56. The molecule has 0 nitrogen and oxygen atoms in total. The van der Waals surface area contributed by atoms with E-state index in [9.17, 15) is 0 Å². The lowest BCUT2D eigenvalue weighted by Gasteiger charge is -2.08. The topological polar surface area (TPSA) is 0 Å². The van der Waals surface area contributed by atoms with Gasteiger partial charge in [-0.15, -0.1) is 22.9 Å². The van der Waals surface area contributed by atoms with Crippen LogP contribution in [-0.2, 0) is 0 Å². The summed E-state index contributed by atoms with van der Waals surface area (Å²) in [6.45, 7) is 2.25. The zero-order valence-electron chi connectivity index (χ0n) is 11.0. The number of hydrogen-bond acceptors (Lipinski definition) is 1. The van der Waals surface area contributed by atoms with Gasteiger partial charge in [0.15, 0.2) is 0 Å². The highest BCUT2D eigenvalue weighted by Crippen LogP contribution is 2.36. The largest absolute Gasteiger partial charge is 0.143 e. The van der Waals surface area contributed by atoms with E-state index in [4.69, 9.17) is 11.6 Å². The van der Waals surface area contributed by atoms with Gasteiger partial charge in [-0.3, -0.25) is 0 Å². The van der Waals surface area contributed by atoms with E-state index >= 15 is 0 Å². The molecule has 2 heteroatoms. The third kappa shape index (κ3) is 3.49. The molecule has 1 atom stereocenters. The predicted molar refractivity (Wildman–Crippen MR) is 83.8 cm³/mol. The first-order valence-electron chi connectivity index (χ1n) is 6.93. The van der Waals surface area contributed by atoms with Crippen LogP contribution in [0.15, 0.2) is 29.6 Å². The van der Waals surface area contributed by atoms with E-state index in [1.807, 2.05) is 0 Å². The van der Waals surface area contributed by atoms with Crippen molar-refractivity contribution in [2.75, 3.05) is 0 Å². The number of rotatable bonds is 7. The van der Waals surface area contributed by atoms with Gasteiger partial charge in [-0.1, -0.05) is 57.2 Å². The molecule has 0 aliphatic heterocycles. The van der Waals surface area contributed by atoms with Crippen molar-refractivity contribution in [2.45, 2.75) is 50.8 Å². The molecule has 1 unspecified atom stereocenters. The average molecular weight is 281 g/mol. The van der Waals surface area contributed by atoms with Crippen LogP contribution in [0.1, 0.15) is 56.4 Å². The highest BCUT2D eigenvalue weighted by Gasteiger charge is 2.12. The molecule has 0 amide bonds. The first-order valence-corrected chi connectivity index (χ1v) is 8.24. The molecule has 0 fully saturated rings. The number of hydrogen-bond donors (Lipinski definition) is 0. The van der Waals surface area contributed by atoms with Crippen LogP contribution in [0.4, 0.5) is 0 Å². The molecule has 0 aliphatic carbocycles. The van der Waals surface area contributed by atoms with Gasteiger partial charge in [-0.05, 0) is 28.8 Å². The van der Waals surface area contributed by atoms with E-state index in [0.29, 0.717) is 0 Å². The van der Waals surface area contributed by atoms with Crippen LogP contribution < -0.4 is 0 Å². The van der Waals surface area contributed by atoms with Crippen LogP contribution in [0.25, 0.3) is 10.1 Å². The zero-order valence-corrected chi connectivity index (χ0v) is 12.6.